The highest BCUT2D eigenvalue weighted by molar-refractivity contribution is 6.45. The van der Waals surface area contributed by atoms with Gasteiger partial charge in [0.1, 0.15) is 58.1 Å². The number of hydrogen-bond donors (Lipinski definition) is 3. The van der Waals surface area contributed by atoms with Crippen molar-refractivity contribution in [3.05, 3.63) is 242 Å². The second-order valence-corrected chi connectivity index (χ2v) is 36.1. The topological polar surface area (TPSA) is 216 Å². The number of carbonyl (C=O) groups excluding carboxylic acids is 8. The molecule has 11 aromatic carbocycles. The number of hydrogen-bond acceptors (Lipinski definition) is 12. The maximum Gasteiger partial charge on any atom is 0.262 e. The fraction of sp³-hybridized carbons (Fsp3) is 0.352. The van der Waals surface area contributed by atoms with Gasteiger partial charge in [0, 0.05) is 72.1 Å². The lowest BCUT2D eigenvalue weighted by Gasteiger charge is -2.40. The van der Waals surface area contributed by atoms with E-state index in [2.05, 4.69) is 116 Å². The van der Waals surface area contributed by atoms with Crippen molar-refractivity contribution in [1.29, 1.82) is 0 Å². The third-order valence-corrected chi connectivity index (χ3v) is 26.0. The maximum absolute atomic E-state index is 17.2. The molecule has 3 N–H and O–H groups in total. The minimum absolute atomic E-state index is 0.0251. The van der Waals surface area contributed by atoms with Gasteiger partial charge in [-0.3, -0.25) is 48.2 Å². The van der Waals surface area contributed by atoms with Crippen LogP contribution >= 0.6 is 0 Å². The molecule has 2 fully saturated rings. The number of nitrogens with one attached hydrogen (secondary N) is 3. The Balaban J connectivity index is 1.08. The van der Waals surface area contributed by atoms with E-state index >= 15 is 28.8 Å². The summed E-state index contributed by atoms with van der Waals surface area (Å²) >= 11 is 0. The number of allylic oxidation sites excluding steroid dienone is 1. The van der Waals surface area contributed by atoms with Gasteiger partial charge in [-0.25, -0.2) is 0 Å². The number of fused-ring (bicyclic) bond motifs is 2. The quantitative estimate of drug-likeness (QED) is 0.0190. The predicted molar refractivity (Wildman–Crippen MR) is 486 cm³/mol. The van der Waals surface area contributed by atoms with Crippen LogP contribution in [0.1, 0.15) is 262 Å². The van der Waals surface area contributed by atoms with Crippen molar-refractivity contribution < 1.29 is 57.3 Å². The monoisotopic (exact) mass is 1630 g/mol. The fourth-order valence-electron chi connectivity index (χ4n) is 18.8. The standard InChI is InChI=1S/C105H111N5O12/c1-54(2)68-34-38-82(61(14)42-68)119-86-50-76-90-77(103(116)109(102(76)115)80(48-72-30-23-22-26-60(72)13)100(113)107-73-31-24-27-66(46-73)47-81(111)58(9)10)51-87(120-83-39-35-69(55(3)4)43-62(83)15)93-95-89(122-85-41-37-71(57(7)8)45-64(85)17)53-79-91-78(52-88(94(97(91)95)92(86)96(90)93)121-84-40-36-70(56(5)6)44-63(84)16)104(117)110(105(79)118)98(65(18)67-28-20-19-21-29-67)101(114)108-75-33-25-32-74(49-75)106-99(112)59(11)12/h24-25,27,31-46,49-57,60,65,67,72,80,98H,9,11,19-23,26,28-30,47-48H2,1-8,10,12-18H3,(H,106,112)(H,107,113)(H,108,114). The molecule has 5 atom stereocenters. The number of nitrogens with zero attached hydrogens (tertiary/aromatic N) is 2. The van der Waals surface area contributed by atoms with Gasteiger partial charge in [0.25, 0.3) is 29.5 Å². The number of amides is 7. The number of aryl methyl sites for hydroxylation is 4. The smallest absolute Gasteiger partial charge is 0.262 e. The number of carbonyl (C=O) groups is 8. The Bertz CT molecular complexity index is 5910. The SMILES string of the molecule is C=C(C)C(=O)Cc1cccc(NC(=O)C(CC2CCCCC2C)N2C(=O)c3cc(Oc4ccc(C(C)C)cc4C)c4c5c(Oc6ccc(C(C)C)cc6C)cc6c7c(cc(Oc8ccc(C(C)C)cc8C)c(c8c(Oc9ccc(C(C)C)cc9C)cc(c3c48)C2=O)c75)C(=O)N(C(C(=O)Nc2cccc(NC(=O)C(=C)C)c2)C(C)C2CCCCC2)C6=O)c1. The Hall–Kier alpha value is -12.2. The van der Waals surface area contributed by atoms with Crippen molar-refractivity contribution in [3.63, 3.8) is 0 Å². The van der Waals surface area contributed by atoms with E-state index in [4.69, 9.17) is 18.9 Å². The molecule has 17 heteroatoms. The summed E-state index contributed by atoms with van der Waals surface area (Å²) in [7, 11) is 0. The van der Waals surface area contributed by atoms with E-state index in [1.54, 1.807) is 86.6 Å². The van der Waals surface area contributed by atoms with Crippen LogP contribution in [0.5, 0.6) is 46.0 Å². The highest BCUT2D eigenvalue weighted by atomic mass is 16.5. The van der Waals surface area contributed by atoms with Crippen LogP contribution in [0.15, 0.2) is 170 Å². The summed E-state index contributed by atoms with van der Waals surface area (Å²) in [4.78, 5) is 129. The van der Waals surface area contributed by atoms with Gasteiger partial charge in [0.2, 0.25) is 11.8 Å². The first-order valence-corrected chi connectivity index (χ1v) is 43.5. The molecule has 122 heavy (non-hydrogen) atoms. The van der Waals surface area contributed by atoms with Gasteiger partial charge in [-0.2, -0.15) is 0 Å². The first-order valence-electron chi connectivity index (χ1n) is 43.5. The number of imide groups is 2. The van der Waals surface area contributed by atoms with E-state index in [9.17, 15) is 9.59 Å². The Labute approximate surface area is 715 Å². The number of ketones is 1. The van der Waals surface area contributed by atoms with E-state index in [0.29, 0.717) is 83.5 Å². The van der Waals surface area contributed by atoms with Gasteiger partial charge < -0.3 is 34.9 Å². The van der Waals surface area contributed by atoms with Crippen molar-refractivity contribution in [2.45, 2.75) is 217 Å². The molecule has 2 aliphatic heterocycles. The average Bonchev–Trinajstić information content (AvgIpc) is 0.668. The zero-order valence-electron chi connectivity index (χ0n) is 73.1. The fourth-order valence-corrected chi connectivity index (χ4v) is 18.8. The number of ether oxygens (including phenoxy) is 4. The van der Waals surface area contributed by atoms with Gasteiger partial charge in [0.05, 0.1) is 22.3 Å². The molecule has 2 heterocycles. The molecule has 0 spiro atoms. The van der Waals surface area contributed by atoms with Crippen molar-refractivity contribution in [3.8, 4) is 46.0 Å². The molecule has 4 aliphatic rings. The summed E-state index contributed by atoms with van der Waals surface area (Å²) in [6.07, 6.45) is 7.95. The highest BCUT2D eigenvalue weighted by Crippen LogP contribution is 2.59. The maximum atomic E-state index is 17.2. The predicted octanol–water partition coefficient (Wildman–Crippen LogP) is 25.5. The molecular weight excluding hydrogens is 1520 g/mol. The molecule has 0 aromatic heterocycles. The van der Waals surface area contributed by atoms with E-state index in [-0.39, 0.29) is 122 Å². The lowest BCUT2D eigenvalue weighted by Crippen LogP contribution is -2.56. The van der Waals surface area contributed by atoms with Crippen LogP contribution in [-0.4, -0.2) is 69.0 Å². The third kappa shape index (κ3) is 16.3. The van der Waals surface area contributed by atoms with Gasteiger partial charge >= 0.3 is 0 Å². The molecule has 15 rings (SSSR count). The lowest BCUT2D eigenvalue weighted by atomic mass is 9.75. The average molecular weight is 1640 g/mol. The Morgan fingerprint density at radius 2 is 0.770 bits per heavy atom. The summed E-state index contributed by atoms with van der Waals surface area (Å²) < 4.78 is 30.6. The molecule has 0 saturated heterocycles. The summed E-state index contributed by atoms with van der Waals surface area (Å²) in [5, 5.41) is 11.4. The molecule has 11 aromatic rings. The molecule has 0 bridgehead atoms. The molecule has 2 saturated carbocycles. The van der Waals surface area contributed by atoms with E-state index in [1.165, 1.54) is 0 Å². The molecule has 2 aliphatic carbocycles. The Morgan fingerprint density at radius 1 is 0.402 bits per heavy atom. The highest BCUT2D eigenvalue weighted by Gasteiger charge is 2.49. The molecule has 17 nitrogen and oxygen atoms in total. The lowest BCUT2D eigenvalue weighted by molar-refractivity contribution is -0.122. The first kappa shape index (κ1) is 84.8. The van der Waals surface area contributed by atoms with Crippen LogP contribution in [0.25, 0.3) is 43.1 Å². The van der Waals surface area contributed by atoms with Gasteiger partial charge in [-0.05, 0) is 230 Å². The summed E-state index contributed by atoms with van der Waals surface area (Å²) in [5.74, 6) is -2.93. The molecule has 0 radical (unpaired) electrons. The van der Waals surface area contributed by atoms with Crippen molar-refractivity contribution in [2.24, 2.45) is 23.7 Å². The normalized spacial score (nSPS) is 16.4. The van der Waals surface area contributed by atoms with Crippen molar-refractivity contribution in [1.82, 2.24) is 9.80 Å². The summed E-state index contributed by atoms with van der Waals surface area (Å²) in [6, 6.07) is 41.5. The van der Waals surface area contributed by atoms with E-state index in [1.807, 2.05) is 83.1 Å². The molecular formula is C105H111N5O12. The second-order valence-electron chi connectivity index (χ2n) is 36.1. The first-order chi connectivity index (χ1) is 58.2. The van der Waals surface area contributed by atoms with Gasteiger partial charge in [-0.15, -0.1) is 0 Å². The van der Waals surface area contributed by atoms with Crippen LogP contribution in [0.3, 0.4) is 0 Å². The zero-order chi connectivity index (χ0) is 86.9. The minimum Gasteiger partial charge on any atom is -0.456 e. The van der Waals surface area contributed by atoms with Crippen LogP contribution in [0.4, 0.5) is 17.1 Å². The Morgan fingerprint density at radius 3 is 1.16 bits per heavy atom. The zero-order valence-corrected chi connectivity index (χ0v) is 73.1. The third-order valence-electron chi connectivity index (χ3n) is 26.0. The number of rotatable bonds is 27. The van der Waals surface area contributed by atoms with Crippen LogP contribution in [0.2, 0.25) is 0 Å². The number of benzene rings is 11. The number of anilines is 3. The molecule has 5 unspecified atom stereocenters. The molecule has 7 amide bonds. The van der Waals surface area contributed by atoms with Crippen LogP contribution < -0.4 is 34.9 Å². The molecule has 628 valence electrons. The van der Waals surface area contributed by atoms with Crippen LogP contribution in [-0.2, 0) is 25.6 Å². The second kappa shape index (κ2) is 34.3. The van der Waals surface area contributed by atoms with Crippen molar-refractivity contribution in [2.75, 3.05) is 16.0 Å². The van der Waals surface area contributed by atoms with E-state index in [0.717, 1.165) is 112 Å². The largest absolute Gasteiger partial charge is 0.456 e. The van der Waals surface area contributed by atoms with E-state index < -0.39 is 59.4 Å². The number of Topliss-reactive ketones (excluding diaryl/α,β-unsaturated/α-hetero) is 1. The Kier molecular flexibility index (Phi) is 23.9. The minimum atomic E-state index is -1.43. The summed E-state index contributed by atoms with van der Waals surface area (Å²) in [5.41, 5.74) is 9.68. The van der Waals surface area contributed by atoms with Gasteiger partial charge in [0.15, 0.2) is 5.78 Å². The van der Waals surface area contributed by atoms with Gasteiger partial charge in [-0.1, -0.05) is 207 Å². The summed E-state index contributed by atoms with van der Waals surface area (Å²) in [6.45, 7) is 39.8. The van der Waals surface area contributed by atoms with Crippen molar-refractivity contribution >= 4 is 107 Å². The van der Waals surface area contributed by atoms with Crippen LogP contribution in [0, 0.1) is 51.4 Å².